The van der Waals surface area contributed by atoms with Gasteiger partial charge in [0.2, 0.25) is 5.88 Å². The van der Waals surface area contributed by atoms with Crippen molar-refractivity contribution in [2.75, 3.05) is 24.2 Å². The minimum atomic E-state index is 0.477. The molecule has 4 nitrogen and oxygen atoms in total. The van der Waals surface area contributed by atoms with Crippen LogP contribution in [0.3, 0.4) is 0 Å². The van der Waals surface area contributed by atoms with Crippen molar-refractivity contribution in [1.82, 2.24) is 4.98 Å². The number of hydrogen-bond acceptors (Lipinski definition) is 5. The number of rotatable bonds is 3. The molecule has 1 spiro atoms. The van der Waals surface area contributed by atoms with E-state index < -0.39 is 0 Å². The van der Waals surface area contributed by atoms with Crippen LogP contribution < -0.4 is 10.1 Å². The number of amidine groups is 1. The molecule has 0 saturated heterocycles. The van der Waals surface area contributed by atoms with Gasteiger partial charge in [-0.05, 0) is 31.2 Å². The van der Waals surface area contributed by atoms with Gasteiger partial charge >= 0.3 is 0 Å². The number of hydrogen-bond donors (Lipinski definition) is 1. The van der Waals surface area contributed by atoms with Crippen LogP contribution in [0.1, 0.15) is 39.0 Å². The molecule has 114 valence electrons. The largest absolute Gasteiger partial charge is 0.478 e. The van der Waals surface area contributed by atoms with E-state index in [4.69, 9.17) is 9.73 Å². The van der Waals surface area contributed by atoms with Crippen molar-refractivity contribution in [3.63, 3.8) is 0 Å². The molecule has 3 rings (SSSR count). The maximum Gasteiger partial charge on any atom is 0.213 e. The van der Waals surface area contributed by atoms with Crippen LogP contribution in [-0.2, 0) is 0 Å². The Balaban J connectivity index is 1.58. The van der Waals surface area contributed by atoms with Gasteiger partial charge in [-0.2, -0.15) is 0 Å². The number of ether oxygens (including phenoxy) is 1. The summed E-state index contributed by atoms with van der Waals surface area (Å²) in [5.74, 6) is 1.87. The van der Waals surface area contributed by atoms with E-state index in [-0.39, 0.29) is 0 Å². The fraction of sp³-hybridized carbons (Fsp3) is 0.625. The quantitative estimate of drug-likeness (QED) is 0.918. The number of nitrogens with one attached hydrogen (secondary N) is 1. The van der Waals surface area contributed by atoms with Crippen LogP contribution in [0.5, 0.6) is 5.88 Å². The Kier molecular flexibility index (Phi) is 4.68. The Morgan fingerprint density at radius 3 is 2.76 bits per heavy atom. The van der Waals surface area contributed by atoms with Crippen molar-refractivity contribution < 1.29 is 4.74 Å². The standard InChI is InChI=1S/C16H23N3OS/c1-2-20-14-7-6-13(10-17-14)19-15-18-11-16(12-21-15)8-4-3-5-9-16/h6-7,10H,2-5,8-9,11-12H2,1H3,(H,18,19). The van der Waals surface area contributed by atoms with Crippen molar-refractivity contribution >= 4 is 22.6 Å². The van der Waals surface area contributed by atoms with E-state index in [1.807, 2.05) is 30.8 Å². The lowest BCUT2D eigenvalue weighted by molar-refractivity contribution is 0.232. The second kappa shape index (κ2) is 6.69. The lowest BCUT2D eigenvalue weighted by Crippen LogP contribution is -2.35. The fourth-order valence-corrected chi connectivity index (χ4v) is 4.21. The second-order valence-corrected chi connectivity index (χ2v) is 6.88. The molecule has 1 saturated carbocycles. The van der Waals surface area contributed by atoms with Crippen LogP contribution in [0, 0.1) is 5.41 Å². The highest BCUT2D eigenvalue weighted by Crippen LogP contribution is 2.41. The van der Waals surface area contributed by atoms with Gasteiger partial charge in [0.05, 0.1) is 18.5 Å². The average molecular weight is 305 g/mol. The van der Waals surface area contributed by atoms with E-state index in [9.17, 15) is 0 Å². The first-order valence-electron chi connectivity index (χ1n) is 7.83. The van der Waals surface area contributed by atoms with Crippen LogP contribution in [0.4, 0.5) is 5.69 Å². The molecular weight excluding hydrogens is 282 g/mol. The van der Waals surface area contributed by atoms with Crippen molar-refractivity contribution in [2.24, 2.45) is 10.4 Å². The third-order valence-electron chi connectivity index (χ3n) is 4.27. The Morgan fingerprint density at radius 2 is 2.14 bits per heavy atom. The summed E-state index contributed by atoms with van der Waals surface area (Å²) < 4.78 is 5.35. The molecular formula is C16H23N3OS. The lowest BCUT2D eigenvalue weighted by atomic mass is 9.75. The minimum absolute atomic E-state index is 0.477. The molecule has 1 fully saturated rings. The van der Waals surface area contributed by atoms with Crippen molar-refractivity contribution in [1.29, 1.82) is 0 Å². The predicted octanol–water partition coefficient (Wildman–Crippen LogP) is 3.95. The summed E-state index contributed by atoms with van der Waals surface area (Å²) in [7, 11) is 0. The molecule has 1 aliphatic carbocycles. The van der Waals surface area contributed by atoms with Gasteiger partial charge in [0.25, 0.3) is 0 Å². The van der Waals surface area contributed by atoms with Crippen LogP contribution in [0.15, 0.2) is 23.3 Å². The van der Waals surface area contributed by atoms with Crippen LogP contribution >= 0.6 is 11.8 Å². The van der Waals surface area contributed by atoms with Gasteiger partial charge in [-0.1, -0.05) is 31.0 Å². The van der Waals surface area contributed by atoms with E-state index in [1.54, 1.807) is 6.20 Å². The average Bonchev–Trinajstić information content (AvgIpc) is 2.53. The van der Waals surface area contributed by atoms with E-state index in [2.05, 4.69) is 10.3 Å². The summed E-state index contributed by atoms with van der Waals surface area (Å²) in [6.07, 6.45) is 8.66. The minimum Gasteiger partial charge on any atom is -0.478 e. The van der Waals surface area contributed by atoms with Crippen LogP contribution in [0.25, 0.3) is 0 Å². The highest BCUT2D eigenvalue weighted by atomic mass is 32.2. The maximum absolute atomic E-state index is 5.35. The summed E-state index contributed by atoms with van der Waals surface area (Å²) in [6, 6.07) is 3.88. The molecule has 21 heavy (non-hydrogen) atoms. The number of aliphatic imine (C=N–C) groups is 1. The zero-order valence-corrected chi connectivity index (χ0v) is 13.4. The fourth-order valence-electron chi connectivity index (χ4n) is 3.04. The van der Waals surface area contributed by atoms with Gasteiger partial charge in [-0.25, -0.2) is 4.98 Å². The Hall–Kier alpha value is -1.23. The van der Waals surface area contributed by atoms with Gasteiger partial charge in [0, 0.05) is 18.4 Å². The molecule has 0 atom stereocenters. The SMILES string of the molecule is CCOc1ccc(NC2=NCC3(CCCCC3)CS2)cn1. The Bertz CT molecular complexity index is 495. The van der Waals surface area contributed by atoms with Gasteiger partial charge in [-0.3, -0.25) is 4.99 Å². The highest BCUT2D eigenvalue weighted by molar-refractivity contribution is 8.14. The number of nitrogens with zero attached hydrogens (tertiary/aromatic N) is 2. The molecule has 1 N–H and O–H groups in total. The predicted molar refractivity (Wildman–Crippen MR) is 89.3 cm³/mol. The van der Waals surface area contributed by atoms with Crippen LogP contribution in [-0.4, -0.2) is 29.1 Å². The summed E-state index contributed by atoms with van der Waals surface area (Å²) in [5, 5.41) is 4.39. The van der Waals surface area contributed by atoms with Gasteiger partial charge < -0.3 is 10.1 Å². The first kappa shape index (κ1) is 14.7. The van der Waals surface area contributed by atoms with Crippen molar-refractivity contribution in [3.05, 3.63) is 18.3 Å². The zero-order valence-electron chi connectivity index (χ0n) is 12.6. The summed E-state index contributed by atoms with van der Waals surface area (Å²) >= 11 is 1.86. The summed E-state index contributed by atoms with van der Waals surface area (Å²) in [6.45, 7) is 3.58. The van der Waals surface area contributed by atoms with Crippen molar-refractivity contribution in [3.8, 4) is 5.88 Å². The number of pyridine rings is 1. The summed E-state index contributed by atoms with van der Waals surface area (Å²) in [5.41, 5.74) is 1.45. The lowest BCUT2D eigenvalue weighted by Gasteiger charge is -2.38. The summed E-state index contributed by atoms with van der Waals surface area (Å²) in [4.78, 5) is 9.04. The highest BCUT2D eigenvalue weighted by Gasteiger charge is 2.34. The molecule has 0 bridgehead atoms. The number of anilines is 1. The molecule has 1 aromatic rings. The number of aromatic nitrogens is 1. The molecule has 1 aromatic heterocycles. The molecule has 0 aromatic carbocycles. The zero-order chi connectivity index (χ0) is 14.5. The first-order valence-corrected chi connectivity index (χ1v) is 8.81. The van der Waals surface area contributed by atoms with Gasteiger partial charge in [0.15, 0.2) is 5.17 Å². The Labute approximate surface area is 130 Å². The molecule has 0 radical (unpaired) electrons. The molecule has 0 amide bonds. The maximum atomic E-state index is 5.35. The monoisotopic (exact) mass is 305 g/mol. The van der Waals surface area contributed by atoms with E-state index >= 15 is 0 Å². The Morgan fingerprint density at radius 1 is 1.29 bits per heavy atom. The smallest absolute Gasteiger partial charge is 0.213 e. The van der Waals surface area contributed by atoms with Crippen LogP contribution in [0.2, 0.25) is 0 Å². The normalized spacial score (nSPS) is 20.9. The topological polar surface area (TPSA) is 46.5 Å². The number of thioether (sulfide) groups is 1. The molecule has 2 heterocycles. The van der Waals surface area contributed by atoms with Gasteiger partial charge in [0.1, 0.15) is 0 Å². The van der Waals surface area contributed by atoms with E-state index in [0.29, 0.717) is 17.9 Å². The molecule has 1 aliphatic heterocycles. The molecule has 2 aliphatic rings. The molecule has 0 unspecified atom stereocenters. The molecule has 5 heteroatoms. The van der Waals surface area contributed by atoms with Gasteiger partial charge in [-0.15, -0.1) is 0 Å². The van der Waals surface area contributed by atoms with E-state index in [1.165, 1.54) is 37.9 Å². The third kappa shape index (κ3) is 3.70. The first-order chi connectivity index (χ1) is 10.3. The van der Waals surface area contributed by atoms with Crippen molar-refractivity contribution in [2.45, 2.75) is 39.0 Å². The third-order valence-corrected chi connectivity index (χ3v) is 5.53. The van der Waals surface area contributed by atoms with E-state index in [0.717, 1.165) is 17.4 Å². The second-order valence-electron chi connectivity index (χ2n) is 5.91.